The average Bonchev–Trinajstić information content (AvgIpc) is 2.98. The van der Waals surface area contributed by atoms with E-state index in [-0.39, 0.29) is 11.2 Å². The van der Waals surface area contributed by atoms with Crippen molar-refractivity contribution in [1.82, 2.24) is 0 Å². The van der Waals surface area contributed by atoms with Gasteiger partial charge in [0.2, 0.25) is 0 Å². The second-order valence-electron chi connectivity index (χ2n) is 7.93. The van der Waals surface area contributed by atoms with E-state index in [9.17, 15) is 0 Å². The van der Waals surface area contributed by atoms with E-state index < -0.39 is 0 Å². The maximum atomic E-state index is 15.6. The lowest BCUT2D eigenvalue weighted by Gasteiger charge is -2.26. The summed E-state index contributed by atoms with van der Waals surface area (Å²) in [5.41, 5.74) is 7.99. The highest BCUT2D eigenvalue weighted by molar-refractivity contribution is 5.95. The number of halogens is 1. The molecule has 1 aliphatic carbocycles. The molecular weight excluding hydrogens is 343 g/mol. The lowest BCUT2D eigenvalue weighted by molar-refractivity contribution is 0.622. The van der Waals surface area contributed by atoms with Crippen LogP contribution in [0, 0.1) is 5.82 Å². The van der Waals surface area contributed by atoms with Crippen LogP contribution in [0.2, 0.25) is 0 Å². The van der Waals surface area contributed by atoms with E-state index in [0.717, 1.165) is 38.9 Å². The molecule has 5 rings (SSSR count). The van der Waals surface area contributed by atoms with E-state index in [0.29, 0.717) is 0 Å². The molecule has 0 amide bonds. The minimum absolute atomic E-state index is 0.147. The zero-order chi connectivity index (χ0) is 19.3. The van der Waals surface area contributed by atoms with Crippen molar-refractivity contribution in [2.75, 3.05) is 0 Å². The SMILES string of the molecule is CC1(C)c2ccccc2-c2c(F)cc(-c3ccccc3)c(-c3ccccc3)c21. The summed E-state index contributed by atoms with van der Waals surface area (Å²) >= 11 is 0. The van der Waals surface area contributed by atoms with Crippen LogP contribution in [0.15, 0.2) is 91.0 Å². The topological polar surface area (TPSA) is 0 Å². The van der Waals surface area contributed by atoms with Crippen molar-refractivity contribution in [3.8, 4) is 33.4 Å². The zero-order valence-corrected chi connectivity index (χ0v) is 16.0. The van der Waals surface area contributed by atoms with E-state index in [1.54, 1.807) is 6.07 Å². The molecule has 4 aromatic carbocycles. The first-order chi connectivity index (χ1) is 13.6. The molecule has 0 bridgehead atoms. The van der Waals surface area contributed by atoms with Crippen LogP contribution in [0.25, 0.3) is 33.4 Å². The van der Waals surface area contributed by atoms with Crippen molar-refractivity contribution in [1.29, 1.82) is 0 Å². The fourth-order valence-corrected chi connectivity index (χ4v) is 4.67. The molecule has 0 aromatic heterocycles. The highest BCUT2D eigenvalue weighted by Gasteiger charge is 2.40. The molecule has 0 radical (unpaired) electrons. The highest BCUT2D eigenvalue weighted by Crippen LogP contribution is 2.55. The van der Waals surface area contributed by atoms with Gasteiger partial charge < -0.3 is 0 Å². The molecule has 0 nitrogen and oxygen atoms in total. The standard InChI is InChI=1S/C27H21F/c1-27(2)22-16-10-9-15-20(22)25-23(28)17-21(18-11-5-3-6-12-18)24(26(25)27)19-13-7-4-8-14-19/h3-17H,1-2H3. The second kappa shape index (κ2) is 6.17. The summed E-state index contributed by atoms with van der Waals surface area (Å²) in [6.07, 6.45) is 0. The van der Waals surface area contributed by atoms with Crippen LogP contribution in [0.4, 0.5) is 4.39 Å². The number of rotatable bonds is 2. The molecule has 0 N–H and O–H groups in total. The summed E-state index contributed by atoms with van der Waals surface area (Å²) in [5, 5.41) is 0. The molecule has 0 aliphatic heterocycles. The molecule has 28 heavy (non-hydrogen) atoms. The molecule has 0 saturated carbocycles. The third-order valence-corrected chi connectivity index (χ3v) is 5.92. The van der Waals surface area contributed by atoms with Gasteiger partial charge in [0.05, 0.1) is 0 Å². The molecule has 1 heteroatoms. The van der Waals surface area contributed by atoms with Gasteiger partial charge in [-0.15, -0.1) is 0 Å². The van der Waals surface area contributed by atoms with Gasteiger partial charge in [0, 0.05) is 11.0 Å². The van der Waals surface area contributed by atoms with Crippen LogP contribution in [-0.2, 0) is 5.41 Å². The van der Waals surface area contributed by atoms with Crippen LogP contribution in [0.3, 0.4) is 0 Å². The molecule has 0 fully saturated rings. The minimum Gasteiger partial charge on any atom is -0.206 e. The number of fused-ring (bicyclic) bond motifs is 3. The summed E-state index contributed by atoms with van der Waals surface area (Å²) in [5.74, 6) is -0.147. The summed E-state index contributed by atoms with van der Waals surface area (Å²) in [6.45, 7) is 4.41. The Bertz CT molecular complexity index is 1170. The van der Waals surface area contributed by atoms with Gasteiger partial charge in [-0.25, -0.2) is 4.39 Å². The minimum atomic E-state index is -0.275. The van der Waals surface area contributed by atoms with Gasteiger partial charge in [0.15, 0.2) is 0 Å². The summed E-state index contributed by atoms with van der Waals surface area (Å²) < 4.78 is 15.6. The second-order valence-corrected chi connectivity index (χ2v) is 7.93. The van der Waals surface area contributed by atoms with Gasteiger partial charge in [-0.05, 0) is 45.0 Å². The van der Waals surface area contributed by atoms with Gasteiger partial charge in [0.25, 0.3) is 0 Å². The molecule has 0 saturated heterocycles. The van der Waals surface area contributed by atoms with E-state index in [1.807, 2.05) is 42.5 Å². The van der Waals surface area contributed by atoms with Crippen molar-refractivity contribution in [3.05, 3.63) is 108 Å². The quantitative estimate of drug-likeness (QED) is 0.346. The Hall–Kier alpha value is -3.19. The highest BCUT2D eigenvalue weighted by atomic mass is 19.1. The van der Waals surface area contributed by atoms with Crippen LogP contribution < -0.4 is 0 Å². The van der Waals surface area contributed by atoms with Gasteiger partial charge in [0.1, 0.15) is 5.82 Å². The van der Waals surface area contributed by atoms with Crippen LogP contribution in [0.5, 0.6) is 0 Å². The predicted molar refractivity (Wildman–Crippen MR) is 115 cm³/mol. The lowest BCUT2D eigenvalue weighted by Crippen LogP contribution is -2.17. The van der Waals surface area contributed by atoms with E-state index in [2.05, 4.69) is 56.3 Å². The Morgan fingerprint density at radius 1 is 0.607 bits per heavy atom. The first-order valence-electron chi connectivity index (χ1n) is 9.67. The Balaban J connectivity index is 1.95. The molecule has 0 heterocycles. The molecule has 0 spiro atoms. The van der Waals surface area contributed by atoms with E-state index >= 15 is 4.39 Å². The van der Waals surface area contributed by atoms with Gasteiger partial charge in [-0.1, -0.05) is 98.8 Å². The Morgan fingerprint density at radius 3 is 1.86 bits per heavy atom. The zero-order valence-electron chi connectivity index (χ0n) is 16.0. The van der Waals surface area contributed by atoms with Crippen molar-refractivity contribution in [3.63, 3.8) is 0 Å². The van der Waals surface area contributed by atoms with Crippen molar-refractivity contribution >= 4 is 0 Å². The first kappa shape index (κ1) is 16.9. The molecule has 4 aromatic rings. The van der Waals surface area contributed by atoms with E-state index in [4.69, 9.17) is 0 Å². The van der Waals surface area contributed by atoms with Crippen molar-refractivity contribution < 1.29 is 4.39 Å². The van der Waals surface area contributed by atoms with Crippen molar-refractivity contribution in [2.45, 2.75) is 19.3 Å². The average molecular weight is 364 g/mol. The van der Waals surface area contributed by atoms with Crippen LogP contribution in [-0.4, -0.2) is 0 Å². The Morgan fingerprint density at radius 2 is 1.18 bits per heavy atom. The predicted octanol–water partition coefficient (Wildman–Crippen LogP) is 7.47. The Labute approximate surface area is 165 Å². The summed E-state index contributed by atoms with van der Waals surface area (Å²) in [7, 11) is 0. The molecular formula is C27H21F. The maximum Gasteiger partial charge on any atom is 0.132 e. The first-order valence-corrected chi connectivity index (χ1v) is 9.67. The van der Waals surface area contributed by atoms with Crippen LogP contribution in [0.1, 0.15) is 25.0 Å². The summed E-state index contributed by atoms with van der Waals surface area (Å²) in [4.78, 5) is 0. The third kappa shape index (κ3) is 2.36. The number of benzene rings is 4. The van der Waals surface area contributed by atoms with Crippen molar-refractivity contribution in [2.24, 2.45) is 0 Å². The molecule has 0 unspecified atom stereocenters. The third-order valence-electron chi connectivity index (χ3n) is 5.92. The number of hydrogen-bond acceptors (Lipinski definition) is 0. The number of hydrogen-bond donors (Lipinski definition) is 0. The molecule has 136 valence electrons. The Kier molecular flexibility index (Phi) is 3.73. The normalized spacial score (nSPS) is 13.8. The fourth-order valence-electron chi connectivity index (χ4n) is 4.67. The van der Waals surface area contributed by atoms with E-state index in [1.165, 1.54) is 5.56 Å². The molecule has 1 aliphatic rings. The van der Waals surface area contributed by atoms with Gasteiger partial charge in [-0.3, -0.25) is 0 Å². The van der Waals surface area contributed by atoms with Crippen LogP contribution >= 0.6 is 0 Å². The summed E-state index contributed by atoms with van der Waals surface area (Å²) in [6, 6.07) is 30.4. The van der Waals surface area contributed by atoms with Gasteiger partial charge in [-0.2, -0.15) is 0 Å². The van der Waals surface area contributed by atoms with Gasteiger partial charge >= 0.3 is 0 Å². The maximum absolute atomic E-state index is 15.6. The lowest BCUT2D eigenvalue weighted by atomic mass is 9.76. The fraction of sp³-hybridized carbons (Fsp3) is 0.111. The smallest absolute Gasteiger partial charge is 0.132 e. The monoisotopic (exact) mass is 364 g/mol. The largest absolute Gasteiger partial charge is 0.206 e. The molecule has 0 atom stereocenters.